The number of imide groups is 1. The van der Waals surface area contributed by atoms with Crippen LogP contribution in [0.15, 0.2) is 54.6 Å². The van der Waals surface area contributed by atoms with Gasteiger partial charge >= 0.3 is 0 Å². The monoisotopic (exact) mass is 717 g/mol. The molecule has 0 aromatic heterocycles. The van der Waals surface area contributed by atoms with Gasteiger partial charge in [0, 0.05) is 34.9 Å². The van der Waals surface area contributed by atoms with E-state index in [1.54, 1.807) is 32.9 Å². The van der Waals surface area contributed by atoms with Crippen molar-refractivity contribution in [2.24, 2.45) is 0 Å². The van der Waals surface area contributed by atoms with Gasteiger partial charge in [-0.25, -0.2) is 22.4 Å². The molecule has 4 amide bonds. The Hall–Kier alpha value is -4.00. The minimum Gasteiger partial charge on any atom is -0.477 e. The van der Waals surface area contributed by atoms with Crippen molar-refractivity contribution in [3.8, 4) is 5.75 Å². The Balaban J connectivity index is 1.84. The highest BCUT2D eigenvalue weighted by molar-refractivity contribution is 7.89. The standard InChI is InChI=1S/C34H34Cl2FN3O7S/c1-6-33(7-2,31(43)39-48(5,45)46)47-28-13-10-20(35)14-24(28)26-17-29(42)38-30(23-16-22(37)11-8-18(23)3)34(26)25-12-9-21(36)15-27(25)40(19(4)41)32(34)44/h8-16,26,30H,6-7,17H2,1-5H3,(H,38,42)(H,39,43). The summed E-state index contributed by atoms with van der Waals surface area (Å²) in [6, 6.07) is 12.0. The molecular formula is C34H34Cl2FN3O7S. The van der Waals surface area contributed by atoms with Gasteiger partial charge in [-0.15, -0.1) is 0 Å². The van der Waals surface area contributed by atoms with Crippen molar-refractivity contribution in [2.45, 2.75) is 69.9 Å². The first-order valence-electron chi connectivity index (χ1n) is 15.2. The maximum absolute atomic E-state index is 15.0. The minimum atomic E-state index is -3.96. The predicted molar refractivity (Wildman–Crippen MR) is 179 cm³/mol. The molecule has 48 heavy (non-hydrogen) atoms. The molecule has 0 aliphatic carbocycles. The van der Waals surface area contributed by atoms with Crippen LogP contribution in [0.5, 0.6) is 5.75 Å². The topological polar surface area (TPSA) is 139 Å². The summed E-state index contributed by atoms with van der Waals surface area (Å²) in [6.07, 6.45) is 0.644. The summed E-state index contributed by atoms with van der Waals surface area (Å²) in [5, 5.41) is 3.38. The van der Waals surface area contributed by atoms with Crippen molar-refractivity contribution in [1.82, 2.24) is 10.0 Å². The van der Waals surface area contributed by atoms with Crippen molar-refractivity contribution in [2.75, 3.05) is 11.2 Å². The van der Waals surface area contributed by atoms with Crippen molar-refractivity contribution >= 4 is 62.5 Å². The lowest BCUT2D eigenvalue weighted by molar-refractivity contribution is -0.137. The molecule has 2 aliphatic rings. The van der Waals surface area contributed by atoms with E-state index in [0.29, 0.717) is 16.7 Å². The maximum Gasteiger partial charge on any atom is 0.277 e. The molecule has 2 N–H and O–H groups in total. The average Bonchev–Trinajstić information content (AvgIpc) is 3.25. The van der Waals surface area contributed by atoms with Crippen LogP contribution in [-0.4, -0.2) is 43.9 Å². The second-order valence-electron chi connectivity index (χ2n) is 12.1. The number of ether oxygens (including phenoxy) is 1. The third-order valence-corrected chi connectivity index (χ3v) is 10.3. The average molecular weight is 719 g/mol. The molecular weight excluding hydrogens is 684 g/mol. The molecule has 14 heteroatoms. The second kappa shape index (κ2) is 12.8. The first kappa shape index (κ1) is 35.3. The molecule has 10 nitrogen and oxygen atoms in total. The van der Waals surface area contributed by atoms with Gasteiger partial charge in [0.2, 0.25) is 27.7 Å². The molecule has 5 rings (SSSR count). The Morgan fingerprint density at radius 1 is 1.04 bits per heavy atom. The molecule has 3 aromatic rings. The number of hydrogen-bond acceptors (Lipinski definition) is 7. The highest BCUT2D eigenvalue weighted by Crippen LogP contribution is 2.61. The number of benzene rings is 3. The molecule has 3 atom stereocenters. The van der Waals surface area contributed by atoms with Crippen molar-refractivity contribution in [3.63, 3.8) is 0 Å². The molecule has 1 fully saturated rings. The van der Waals surface area contributed by atoms with Gasteiger partial charge in [-0.1, -0.05) is 49.2 Å². The van der Waals surface area contributed by atoms with E-state index < -0.39 is 62.4 Å². The van der Waals surface area contributed by atoms with Gasteiger partial charge in [-0.2, -0.15) is 0 Å². The van der Waals surface area contributed by atoms with Gasteiger partial charge in [-0.3, -0.25) is 19.2 Å². The van der Waals surface area contributed by atoms with Crippen LogP contribution in [0.25, 0.3) is 0 Å². The summed E-state index contributed by atoms with van der Waals surface area (Å²) in [5.41, 5.74) is -1.79. The fraction of sp³-hybridized carbons (Fsp3) is 0.353. The molecule has 0 radical (unpaired) electrons. The van der Waals surface area contributed by atoms with Gasteiger partial charge in [0.25, 0.3) is 5.91 Å². The van der Waals surface area contributed by atoms with Gasteiger partial charge < -0.3 is 10.1 Å². The number of piperidine rings is 1. The highest BCUT2D eigenvalue weighted by Gasteiger charge is 2.65. The predicted octanol–water partition coefficient (Wildman–Crippen LogP) is 5.63. The van der Waals surface area contributed by atoms with Crippen LogP contribution in [-0.2, 0) is 34.6 Å². The Morgan fingerprint density at radius 3 is 2.31 bits per heavy atom. The lowest BCUT2D eigenvalue weighted by Gasteiger charge is -2.47. The summed E-state index contributed by atoms with van der Waals surface area (Å²) >= 11 is 12.9. The number of carbonyl (C=O) groups is 4. The van der Waals surface area contributed by atoms with Gasteiger partial charge in [-0.05, 0) is 78.9 Å². The number of rotatable bonds is 8. The Labute approximate surface area is 288 Å². The summed E-state index contributed by atoms with van der Waals surface area (Å²) in [7, 11) is -3.96. The van der Waals surface area contributed by atoms with E-state index in [4.69, 9.17) is 27.9 Å². The minimum absolute atomic E-state index is 0.0483. The molecule has 1 saturated heterocycles. The summed E-state index contributed by atoms with van der Waals surface area (Å²) in [4.78, 5) is 56.3. The number of anilines is 1. The van der Waals surface area contributed by atoms with Gasteiger partial charge in [0.15, 0.2) is 5.60 Å². The van der Waals surface area contributed by atoms with Crippen LogP contribution in [0.4, 0.5) is 10.1 Å². The van der Waals surface area contributed by atoms with Crippen LogP contribution in [0, 0.1) is 12.7 Å². The van der Waals surface area contributed by atoms with Crippen LogP contribution in [0.2, 0.25) is 10.0 Å². The van der Waals surface area contributed by atoms with Gasteiger partial charge in [0.1, 0.15) is 17.0 Å². The number of halogens is 3. The third-order valence-electron chi connectivity index (χ3n) is 9.26. The maximum atomic E-state index is 15.0. The molecule has 2 heterocycles. The van der Waals surface area contributed by atoms with Crippen LogP contribution in [0.3, 0.4) is 0 Å². The number of amides is 4. The van der Waals surface area contributed by atoms with E-state index >= 15 is 4.79 Å². The first-order chi connectivity index (χ1) is 22.5. The summed E-state index contributed by atoms with van der Waals surface area (Å²) in [6.45, 7) is 6.26. The Kier molecular flexibility index (Phi) is 9.41. The fourth-order valence-electron chi connectivity index (χ4n) is 6.98. The smallest absolute Gasteiger partial charge is 0.277 e. The number of sulfonamides is 1. The summed E-state index contributed by atoms with van der Waals surface area (Å²) < 4.78 is 47.5. The van der Waals surface area contributed by atoms with E-state index in [1.807, 2.05) is 4.72 Å². The van der Waals surface area contributed by atoms with E-state index in [9.17, 15) is 27.2 Å². The zero-order valence-electron chi connectivity index (χ0n) is 26.8. The highest BCUT2D eigenvalue weighted by atomic mass is 35.5. The number of carbonyl (C=O) groups excluding carboxylic acids is 4. The number of aryl methyl sites for hydroxylation is 1. The van der Waals surface area contributed by atoms with Gasteiger partial charge in [0.05, 0.1) is 18.0 Å². The molecule has 254 valence electrons. The number of nitrogens with zero attached hydrogens (tertiary/aromatic N) is 1. The van der Waals surface area contributed by atoms with Crippen molar-refractivity contribution in [3.05, 3.63) is 92.7 Å². The molecule has 0 bridgehead atoms. The zero-order chi connectivity index (χ0) is 35.3. The Bertz CT molecular complexity index is 1970. The molecule has 1 spiro atoms. The quantitative estimate of drug-likeness (QED) is 0.308. The second-order valence-corrected chi connectivity index (χ2v) is 14.8. The van der Waals surface area contributed by atoms with E-state index in [1.165, 1.54) is 49.4 Å². The normalized spacial score (nSPS) is 20.8. The van der Waals surface area contributed by atoms with E-state index in [2.05, 4.69) is 5.32 Å². The number of fused-ring (bicyclic) bond motifs is 2. The summed E-state index contributed by atoms with van der Waals surface area (Å²) in [5.74, 6) is -4.34. The molecule has 3 aromatic carbocycles. The first-order valence-corrected chi connectivity index (χ1v) is 17.8. The molecule has 2 aliphatic heterocycles. The van der Waals surface area contributed by atoms with Crippen LogP contribution in [0.1, 0.15) is 74.2 Å². The van der Waals surface area contributed by atoms with Crippen LogP contribution >= 0.6 is 23.2 Å². The Morgan fingerprint density at radius 2 is 1.69 bits per heavy atom. The molecule has 3 unspecified atom stereocenters. The number of hydrogen-bond donors (Lipinski definition) is 2. The third kappa shape index (κ3) is 5.94. The lowest BCUT2D eigenvalue weighted by Crippen LogP contribution is -2.59. The van der Waals surface area contributed by atoms with Crippen molar-refractivity contribution < 1.29 is 36.7 Å². The SMILES string of the molecule is CCC(CC)(Oc1ccc(Cl)cc1C1CC(=O)NC(c2cc(F)ccc2C)C12C(=O)N(C(C)=O)c1cc(Cl)ccc12)C(=O)NS(C)(=O)=O. The number of nitrogens with one attached hydrogen (secondary N) is 2. The fourth-order valence-corrected chi connectivity index (χ4v) is 7.85. The zero-order valence-corrected chi connectivity index (χ0v) is 29.1. The lowest BCUT2D eigenvalue weighted by atomic mass is 9.58. The molecule has 0 saturated carbocycles. The van der Waals surface area contributed by atoms with Crippen molar-refractivity contribution in [1.29, 1.82) is 0 Å². The van der Waals surface area contributed by atoms with E-state index in [-0.39, 0.29) is 46.3 Å². The van der Waals surface area contributed by atoms with E-state index in [0.717, 1.165) is 11.2 Å². The van der Waals surface area contributed by atoms with Crippen LogP contribution < -0.4 is 19.7 Å². The largest absolute Gasteiger partial charge is 0.477 e.